The summed E-state index contributed by atoms with van der Waals surface area (Å²) in [6, 6.07) is 1.56. The van der Waals surface area contributed by atoms with Crippen LogP contribution in [0.2, 0.25) is 0 Å². The Morgan fingerprint density at radius 3 is 3.00 bits per heavy atom. The van der Waals surface area contributed by atoms with Gasteiger partial charge in [0, 0.05) is 11.6 Å². The van der Waals surface area contributed by atoms with E-state index in [0.29, 0.717) is 5.76 Å². The maximum atomic E-state index is 11.2. The molecule has 78 valence electrons. The van der Waals surface area contributed by atoms with E-state index in [0.717, 1.165) is 24.0 Å². The summed E-state index contributed by atoms with van der Waals surface area (Å²) >= 11 is 0. The van der Waals surface area contributed by atoms with Crippen molar-refractivity contribution < 1.29 is 4.42 Å². The van der Waals surface area contributed by atoms with E-state index >= 15 is 0 Å². The molecule has 1 aliphatic rings. The van der Waals surface area contributed by atoms with Gasteiger partial charge in [-0.15, -0.1) is 0 Å². The maximum absolute atomic E-state index is 11.2. The van der Waals surface area contributed by atoms with Crippen molar-refractivity contribution in [3.05, 3.63) is 51.1 Å². The molecule has 2 rings (SSSR count). The first-order chi connectivity index (χ1) is 7.20. The van der Waals surface area contributed by atoms with Gasteiger partial charge in [-0.2, -0.15) is 0 Å². The molecule has 1 aromatic rings. The van der Waals surface area contributed by atoms with Gasteiger partial charge in [0.15, 0.2) is 0 Å². The third-order valence-corrected chi connectivity index (χ3v) is 2.76. The lowest BCUT2D eigenvalue weighted by Crippen LogP contribution is -2.04. The Balaban J connectivity index is 2.56. The molecule has 0 fully saturated rings. The van der Waals surface area contributed by atoms with Gasteiger partial charge in [0.25, 0.3) is 0 Å². The number of rotatable bonds is 1. The molecule has 0 aromatic carbocycles. The lowest BCUT2D eigenvalue weighted by atomic mass is 10.0. The lowest BCUT2D eigenvalue weighted by molar-refractivity contribution is 0.493. The molecular weight excluding hydrogens is 188 g/mol. The second-order valence-corrected chi connectivity index (χ2v) is 3.81. The molecule has 2 heteroatoms. The van der Waals surface area contributed by atoms with E-state index in [1.807, 2.05) is 19.1 Å². The first kappa shape index (κ1) is 9.97. The largest absolute Gasteiger partial charge is 0.423 e. The number of fused-ring (bicyclic) bond motifs is 1. The van der Waals surface area contributed by atoms with Crippen LogP contribution in [0.25, 0.3) is 6.08 Å². The van der Waals surface area contributed by atoms with Gasteiger partial charge in [-0.05, 0) is 31.4 Å². The van der Waals surface area contributed by atoms with E-state index in [2.05, 4.69) is 13.0 Å². The fraction of sp³-hybridized carbons (Fsp3) is 0.308. The Labute approximate surface area is 88.9 Å². The zero-order valence-electron chi connectivity index (χ0n) is 9.04. The molecule has 15 heavy (non-hydrogen) atoms. The first-order valence-corrected chi connectivity index (χ1v) is 5.20. The summed E-state index contributed by atoms with van der Waals surface area (Å²) in [6.45, 7) is 4.10. The zero-order valence-corrected chi connectivity index (χ0v) is 9.04. The predicted octanol–water partition coefficient (Wildman–Crippen LogP) is 2.85. The quantitative estimate of drug-likeness (QED) is 0.701. The highest BCUT2D eigenvalue weighted by molar-refractivity contribution is 5.54. The van der Waals surface area contributed by atoms with Crippen LogP contribution in [0, 0.1) is 6.92 Å². The van der Waals surface area contributed by atoms with Crippen LogP contribution in [0.5, 0.6) is 0 Å². The Kier molecular flexibility index (Phi) is 2.58. The summed E-state index contributed by atoms with van der Waals surface area (Å²) in [5.74, 6) is 0.708. The molecule has 1 aliphatic carbocycles. The molecule has 1 aromatic heterocycles. The van der Waals surface area contributed by atoms with Gasteiger partial charge in [0.2, 0.25) is 0 Å². The fourth-order valence-electron chi connectivity index (χ4n) is 1.82. The Morgan fingerprint density at radius 2 is 2.27 bits per heavy atom. The molecule has 0 amide bonds. The number of hydrogen-bond donors (Lipinski definition) is 0. The molecule has 2 nitrogen and oxygen atoms in total. The van der Waals surface area contributed by atoms with Gasteiger partial charge in [0.05, 0.1) is 0 Å². The highest BCUT2D eigenvalue weighted by Crippen LogP contribution is 2.22. The average Bonchev–Trinajstić information content (AvgIpc) is 2.39. The lowest BCUT2D eigenvalue weighted by Gasteiger charge is -2.07. The first-order valence-electron chi connectivity index (χ1n) is 5.20. The van der Waals surface area contributed by atoms with E-state index < -0.39 is 0 Å². The van der Waals surface area contributed by atoms with Crippen LogP contribution < -0.4 is 5.63 Å². The van der Waals surface area contributed by atoms with Crippen LogP contribution in [0.3, 0.4) is 0 Å². The Hall–Kier alpha value is -1.57. The molecule has 0 radical (unpaired) electrons. The summed E-state index contributed by atoms with van der Waals surface area (Å²) < 4.78 is 5.18. The van der Waals surface area contributed by atoms with Crippen LogP contribution in [0.4, 0.5) is 0 Å². The predicted molar refractivity (Wildman–Crippen MR) is 60.8 cm³/mol. The third kappa shape index (κ3) is 1.94. The second-order valence-electron chi connectivity index (χ2n) is 3.81. The van der Waals surface area contributed by atoms with Crippen molar-refractivity contribution in [2.45, 2.75) is 26.7 Å². The van der Waals surface area contributed by atoms with Gasteiger partial charge in [0.1, 0.15) is 5.76 Å². The minimum absolute atomic E-state index is 0.268. The van der Waals surface area contributed by atoms with Gasteiger partial charge < -0.3 is 4.42 Å². The molecule has 1 heterocycles. The minimum atomic E-state index is -0.268. The van der Waals surface area contributed by atoms with E-state index in [-0.39, 0.29) is 5.63 Å². The van der Waals surface area contributed by atoms with Crippen molar-refractivity contribution in [2.24, 2.45) is 0 Å². The standard InChI is InChI=1S/C13H14O2/c1-3-10-5-4-6-12-11(8-10)9(2)7-13(14)15-12/h4-7H,3,8H2,1-2H3. The molecule has 0 unspecified atom stereocenters. The second kappa shape index (κ2) is 3.89. The Morgan fingerprint density at radius 1 is 1.47 bits per heavy atom. The SMILES string of the molecule is CCC1=CC=Cc2oc(=O)cc(C)c2C1. The van der Waals surface area contributed by atoms with Crippen LogP contribution in [-0.2, 0) is 6.42 Å². The topological polar surface area (TPSA) is 30.2 Å². The van der Waals surface area contributed by atoms with E-state index in [1.165, 1.54) is 5.57 Å². The average molecular weight is 202 g/mol. The third-order valence-electron chi connectivity index (χ3n) is 2.76. The van der Waals surface area contributed by atoms with E-state index in [1.54, 1.807) is 6.07 Å². The fourth-order valence-corrected chi connectivity index (χ4v) is 1.82. The molecule has 0 saturated heterocycles. The highest BCUT2D eigenvalue weighted by Gasteiger charge is 2.11. The summed E-state index contributed by atoms with van der Waals surface area (Å²) in [6.07, 6.45) is 7.83. The number of hydrogen-bond acceptors (Lipinski definition) is 2. The molecule has 0 bridgehead atoms. The van der Waals surface area contributed by atoms with Crippen LogP contribution in [0.1, 0.15) is 30.2 Å². The van der Waals surface area contributed by atoms with Crippen molar-refractivity contribution in [1.29, 1.82) is 0 Å². The molecule has 0 aliphatic heterocycles. The molecule has 0 atom stereocenters. The number of allylic oxidation sites excluding steroid dienone is 3. The van der Waals surface area contributed by atoms with Crippen molar-refractivity contribution in [3.63, 3.8) is 0 Å². The van der Waals surface area contributed by atoms with Crippen LogP contribution in [-0.4, -0.2) is 0 Å². The summed E-state index contributed by atoms with van der Waals surface area (Å²) in [4.78, 5) is 11.2. The number of aryl methyl sites for hydroxylation is 1. The van der Waals surface area contributed by atoms with Gasteiger partial charge in [-0.25, -0.2) is 4.79 Å². The zero-order chi connectivity index (χ0) is 10.8. The van der Waals surface area contributed by atoms with Crippen LogP contribution >= 0.6 is 0 Å². The Bertz CT molecular complexity index is 490. The summed E-state index contributed by atoms with van der Waals surface area (Å²) in [5, 5.41) is 0. The molecular formula is C13H14O2. The van der Waals surface area contributed by atoms with Crippen LogP contribution in [0.15, 0.2) is 33.0 Å². The summed E-state index contributed by atoms with van der Waals surface area (Å²) in [5.41, 5.74) is 3.25. The van der Waals surface area contributed by atoms with Crippen molar-refractivity contribution in [1.82, 2.24) is 0 Å². The van der Waals surface area contributed by atoms with Gasteiger partial charge >= 0.3 is 5.63 Å². The van der Waals surface area contributed by atoms with Gasteiger partial charge in [-0.1, -0.05) is 24.6 Å². The van der Waals surface area contributed by atoms with Crippen molar-refractivity contribution in [3.8, 4) is 0 Å². The van der Waals surface area contributed by atoms with Gasteiger partial charge in [-0.3, -0.25) is 0 Å². The molecule has 0 N–H and O–H groups in total. The normalized spacial score (nSPS) is 14.4. The monoisotopic (exact) mass is 202 g/mol. The maximum Gasteiger partial charge on any atom is 0.336 e. The molecule has 0 saturated carbocycles. The minimum Gasteiger partial charge on any atom is -0.423 e. The summed E-state index contributed by atoms with van der Waals surface area (Å²) in [7, 11) is 0. The highest BCUT2D eigenvalue weighted by atomic mass is 16.4. The van der Waals surface area contributed by atoms with E-state index in [4.69, 9.17) is 4.42 Å². The smallest absolute Gasteiger partial charge is 0.336 e. The van der Waals surface area contributed by atoms with Crippen molar-refractivity contribution in [2.75, 3.05) is 0 Å². The van der Waals surface area contributed by atoms with Crippen molar-refractivity contribution >= 4 is 6.08 Å². The van der Waals surface area contributed by atoms with E-state index in [9.17, 15) is 4.79 Å². The molecule has 0 spiro atoms.